The van der Waals surface area contributed by atoms with Gasteiger partial charge in [-0.25, -0.2) is 0 Å². The van der Waals surface area contributed by atoms with Crippen molar-refractivity contribution in [3.05, 3.63) is 76.9 Å². The Hall–Kier alpha value is -4.31. The van der Waals surface area contributed by atoms with Crippen molar-refractivity contribution in [2.24, 2.45) is 0 Å². The van der Waals surface area contributed by atoms with Gasteiger partial charge in [0, 0.05) is 18.8 Å². The van der Waals surface area contributed by atoms with Crippen molar-refractivity contribution in [2.75, 3.05) is 26.7 Å². The lowest BCUT2D eigenvalue weighted by atomic mass is 9.78. The average molecular weight is 587 g/mol. The summed E-state index contributed by atoms with van der Waals surface area (Å²) < 4.78 is 27.9. The topological polar surface area (TPSA) is 101 Å². The second kappa shape index (κ2) is 14.2. The van der Waals surface area contributed by atoms with Gasteiger partial charge < -0.3 is 23.5 Å². The molecule has 9 nitrogen and oxygen atoms in total. The molecule has 1 atom stereocenters. The number of aryl methyl sites for hydroxylation is 2. The third-order valence-electron chi connectivity index (χ3n) is 7.20. The first-order valence-corrected chi connectivity index (χ1v) is 14.3. The lowest BCUT2D eigenvalue weighted by Gasteiger charge is -2.22. The summed E-state index contributed by atoms with van der Waals surface area (Å²) in [7, 11) is 0.564. The number of likely N-dealkylation sites (N-methyl/N-ethyl adjacent to an activating group) is 1. The standard InChI is InChI=1S/C33H38BNO8/c1-21-16-29(39-15-14-23(3)41-25(5)36)17-22(2)33(21)30-9-7-8-26(24(30)4)20-40-28-12-10-27(11-13-28)34-42-31(37)18-35(6)19-32(38)43-34/h7-13,16-17,23H,14-15,18-20H2,1-6H3/t23-/m1/s1. The van der Waals surface area contributed by atoms with Crippen LogP contribution in [0.4, 0.5) is 0 Å². The second-order valence-electron chi connectivity index (χ2n) is 10.9. The molecule has 0 spiro atoms. The van der Waals surface area contributed by atoms with Crippen molar-refractivity contribution in [2.45, 2.75) is 53.8 Å². The van der Waals surface area contributed by atoms with E-state index in [0.29, 0.717) is 30.8 Å². The number of esters is 1. The highest BCUT2D eigenvalue weighted by atomic mass is 16.6. The lowest BCUT2D eigenvalue weighted by molar-refractivity contribution is -0.147. The summed E-state index contributed by atoms with van der Waals surface area (Å²) in [5.74, 6) is 0.198. The molecule has 1 saturated heterocycles. The Morgan fingerprint density at radius 2 is 1.56 bits per heavy atom. The zero-order chi connectivity index (χ0) is 31.1. The zero-order valence-electron chi connectivity index (χ0n) is 25.6. The first kappa shape index (κ1) is 31.6. The first-order valence-electron chi connectivity index (χ1n) is 14.3. The Labute approximate surface area is 253 Å². The highest BCUT2D eigenvalue weighted by Crippen LogP contribution is 2.34. The van der Waals surface area contributed by atoms with E-state index in [-0.39, 0.29) is 25.2 Å². The van der Waals surface area contributed by atoms with Gasteiger partial charge in [0.2, 0.25) is 0 Å². The predicted molar refractivity (Wildman–Crippen MR) is 163 cm³/mol. The van der Waals surface area contributed by atoms with Crippen LogP contribution in [0.5, 0.6) is 11.5 Å². The summed E-state index contributed by atoms with van der Waals surface area (Å²) in [4.78, 5) is 36.8. The summed E-state index contributed by atoms with van der Waals surface area (Å²) in [6, 6.07) is 17.2. The van der Waals surface area contributed by atoms with Gasteiger partial charge >= 0.3 is 25.0 Å². The molecule has 3 aromatic rings. The molecule has 0 radical (unpaired) electrons. The average Bonchev–Trinajstić information content (AvgIpc) is 2.91. The summed E-state index contributed by atoms with van der Waals surface area (Å²) in [5.41, 5.74) is 7.19. The molecule has 0 aliphatic carbocycles. The number of hydrogen-bond acceptors (Lipinski definition) is 9. The van der Waals surface area contributed by atoms with E-state index in [1.165, 1.54) is 6.92 Å². The van der Waals surface area contributed by atoms with Crippen LogP contribution in [0.2, 0.25) is 0 Å². The van der Waals surface area contributed by atoms with Crippen molar-refractivity contribution in [1.82, 2.24) is 4.90 Å². The highest BCUT2D eigenvalue weighted by molar-refractivity contribution is 6.64. The van der Waals surface area contributed by atoms with Gasteiger partial charge in [0.1, 0.15) is 24.2 Å². The molecule has 0 amide bonds. The van der Waals surface area contributed by atoms with Crippen molar-refractivity contribution in [3.8, 4) is 22.6 Å². The van der Waals surface area contributed by atoms with Crippen LogP contribution in [-0.2, 0) is 35.0 Å². The monoisotopic (exact) mass is 587 g/mol. The predicted octanol–water partition coefficient (Wildman–Crippen LogP) is 4.31. The maximum absolute atomic E-state index is 12.1. The zero-order valence-corrected chi connectivity index (χ0v) is 25.6. The minimum absolute atomic E-state index is 0.0144. The van der Waals surface area contributed by atoms with Crippen LogP contribution in [0.1, 0.15) is 42.5 Å². The van der Waals surface area contributed by atoms with Crippen LogP contribution in [0, 0.1) is 20.8 Å². The quantitative estimate of drug-likeness (QED) is 0.254. The normalized spacial score (nSPS) is 14.7. The SMILES string of the molecule is CC(=O)O[C@H](C)CCOc1cc(C)c(-c2cccc(COc3ccc(B4OC(=O)CN(C)CC(=O)O4)cc3)c2C)c(C)c1. The van der Waals surface area contributed by atoms with Crippen molar-refractivity contribution < 1.29 is 37.9 Å². The van der Waals surface area contributed by atoms with Crippen LogP contribution in [0.25, 0.3) is 11.1 Å². The van der Waals surface area contributed by atoms with Gasteiger partial charge in [-0.05, 0) is 92.4 Å². The van der Waals surface area contributed by atoms with Gasteiger partial charge in [0.15, 0.2) is 0 Å². The fraction of sp³-hybridized carbons (Fsp3) is 0.364. The van der Waals surface area contributed by atoms with Crippen LogP contribution in [-0.4, -0.2) is 62.8 Å². The molecule has 0 N–H and O–H groups in total. The van der Waals surface area contributed by atoms with E-state index in [4.69, 9.17) is 23.5 Å². The number of benzene rings is 3. The van der Waals surface area contributed by atoms with Crippen LogP contribution >= 0.6 is 0 Å². The van der Waals surface area contributed by atoms with Gasteiger partial charge in [-0.15, -0.1) is 0 Å². The van der Waals surface area contributed by atoms with Crippen molar-refractivity contribution in [3.63, 3.8) is 0 Å². The molecule has 1 heterocycles. The number of nitrogens with zero attached hydrogens (tertiary/aromatic N) is 1. The third kappa shape index (κ3) is 8.61. The number of ether oxygens (including phenoxy) is 3. The number of carbonyl (C=O) groups is 3. The molecule has 0 unspecified atom stereocenters. The smallest absolute Gasteiger partial charge is 0.494 e. The molecular formula is C33H38BNO8. The fourth-order valence-corrected chi connectivity index (χ4v) is 5.08. The molecule has 3 aromatic carbocycles. The van der Waals surface area contributed by atoms with E-state index in [1.54, 1.807) is 36.2 Å². The molecule has 1 aliphatic rings. The summed E-state index contributed by atoms with van der Waals surface area (Å²) in [6.45, 7) is 10.3. The van der Waals surface area contributed by atoms with Gasteiger partial charge in [0.25, 0.3) is 0 Å². The van der Waals surface area contributed by atoms with Crippen LogP contribution in [0.15, 0.2) is 54.6 Å². The van der Waals surface area contributed by atoms with Gasteiger partial charge in [-0.3, -0.25) is 19.3 Å². The van der Waals surface area contributed by atoms with Gasteiger partial charge in [-0.2, -0.15) is 0 Å². The van der Waals surface area contributed by atoms with E-state index in [1.807, 2.05) is 31.2 Å². The van der Waals surface area contributed by atoms with E-state index < -0.39 is 19.1 Å². The number of hydrogen-bond donors (Lipinski definition) is 0. The van der Waals surface area contributed by atoms with E-state index in [9.17, 15) is 14.4 Å². The fourth-order valence-electron chi connectivity index (χ4n) is 5.08. The van der Waals surface area contributed by atoms with Crippen LogP contribution < -0.4 is 14.9 Å². The summed E-state index contributed by atoms with van der Waals surface area (Å²) in [6.07, 6.45) is 0.417. The first-order chi connectivity index (χ1) is 20.5. The molecule has 43 heavy (non-hydrogen) atoms. The summed E-state index contributed by atoms with van der Waals surface area (Å²) >= 11 is 0. The van der Waals surface area contributed by atoms with Crippen molar-refractivity contribution in [1.29, 1.82) is 0 Å². The van der Waals surface area contributed by atoms with Gasteiger partial charge in [0.05, 0.1) is 19.7 Å². The number of carbonyl (C=O) groups excluding carboxylic acids is 3. The Balaban J connectivity index is 1.41. The molecule has 4 rings (SSSR count). The Morgan fingerprint density at radius 1 is 0.930 bits per heavy atom. The second-order valence-corrected chi connectivity index (χ2v) is 10.9. The molecule has 0 saturated carbocycles. The van der Waals surface area contributed by atoms with E-state index in [2.05, 4.69) is 26.8 Å². The minimum Gasteiger partial charge on any atom is -0.494 e. The molecule has 0 bridgehead atoms. The lowest BCUT2D eigenvalue weighted by Crippen LogP contribution is -2.47. The van der Waals surface area contributed by atoms with Crippen LogP contribution in [0.3, 0.4) is 0 Å². The Bertz CT molecular complexity index is 1430. The molecule has 1 fully saturated rings. The highest BCUT2D eigenvalue weighted by Gasteiger charge is 2.33. The maximum Gasteiger partial charge on any atom is 0.636 e. The maximum atomic E-state index is 12.1. The van der Waals surface area contributed by atoms with Crippen molar-refractivity contribution >= 4 is 30.5 Å². The summed E-state index contributed by atoms with van der Waals surface area (Å²) in [5, 5.41) is 0. The largest absolute Gasteiger partial charge is 0.636 e. The Kier molecular flexibility index (Phi) is 10.5. The molecular weight excluding hydrogens is 549 g/mol. The Morgan fingerprint density at radius 3 is 2.16 bits per heavy atom. The third-order valence-corrected chi connectivity index (χ3v) is 7.20. The molecule has 226 valence electrons. The van der Waals surface area contributed by atoms with E-state index in [0.717, 1.165) is 39.1 Å². The minimum atomic E-state index is -1.09. The van der Waals surface area contributed by atoms with E-state index >= 15 is 0 Å². The molecule has 0 aromatic heterocycles. The number of rotatable bonds is 10. The molecule has 1 aliphatic heterocycles. The molecule has 10 heteroatoms. The van der Waals surface area contributed by atoms with Gasteiger partial charge in [-0.1, -0.05) is 30.3 Å².